The summed E-state index contributed by atoms with van der Waals surface area (Å²) in [5, 5.41) is 0. The van der Waals surface area contributed by atoms with Gasteiger partial charge in [0.15, 0.2) is 0 Å². The molecule has 0 fully saturated rings. The van der Waals surface area contributed by atoms with Crippen LogP contribution in [0.2, 0.25) is 0 Å². The fourth-order valence-corrected chi connectivity index (χ4v) is 3.00. The zero-order valence-electron chi connectivity index (χ0n) is 14.7. The summed E-state index contributed by atoms with van der Waals surface area (Å²) in [6, 6.07) is 29.6. The zero-order valence-corrected chi connectivity index (χ0v) is 17.7. The summed E-state index contributed by atoms with van der Waals surface area (Å²) >= 11 is 1.45. The van der Waals surface area contributed by atoms with Gasteiger partial charge in [0.25, 0.3) is 0 Å². The number of anilines is 2. The van der Waals surface area contributed by atoms with Gasteiger partial charge in [0.05, 0.1) is 0 Å². The zero-order chi connectivity index (χ0) is 18.2. The van der Waals surface area contributed by atoms with Gasteiger partial charge in [-0.1, -0.05) is 0 Å². The van der Waals surface area contributed by atoms with Crippen molar-refractivity contribution in [3.63, 3.8) is 0 Å². The van der Waals surface area contributed by atoms with Gasteiger partial charge in [-0.15, -0.1) is 0 Å². The maximum absolute atomic E-state index is 2.24. The Bertz CT molecular complexity index is 894. The molecule has 0 spiro atoms. The molecule has 0 aromatic heterocycles. The van der Waals surface area contributed by atoms with Gasteiger partial charge in [0, 0.05) is 0 Å². The van der Waals surface area contributed by atoms with Crippen LogP contribution in [0.3, 0.4) is 0 Å². The van der Waals surface area contributed by atoms with E-state index in [1.54, 1.807) is 0 Å². The van der Waals surface area contributed by atoms with E-state index >= 15 is 0 Å². The summed E-state index contributed by atoms with van der Waals surface area (Å²) in [5.74, 6) is 0. The van der Waals surface area contributed by atoms with Crippen LogP contribution < -0.4 is 4.90 Å². The van der Waals surface area contributed by atoms with Gasteiger partial charge in [-0.2, -0.15) is 0 Å². The second-order valence-electron chi connectivity index (χ2n) is 5.99. The first-order valence-corrected chi connectivity index (χ1v) is 10.3. The Balaban J connectivity index is 2.12. The van der Waals surface area contributed by atoms with Crippen molar-refractivity contribution in [1.82, 2.24) is 0 Å². The molecule has 26 heavy (non-hydrogen) atoms. The van der Waals surface area contributed by atoms with Gasteiger partial charge in [-0.3, -0.25) is 0 Å². The van der Waals surface area contributed by atoms with E-state index in [2.05, 4.69) is 113 Å². The van der Waals surface area contributed by atoms with Crippen LogP contribution in [0.15, 0.2) is 103 Å². The SMILES string of the molecule is Cc1ccc(N(C=C(C=C[CH]=[W])c2ccccc2)c2ccccc2)cc1. The molecular weight excluding hydrogens is 486 g/mol. The molecule has 3 aromatic carbocycles. The molecule has 0 amide bonds. The van der Waals surface area contributed by atoms with E-state index in [1.165, 1.54) is 36.1 Å². The molecule has 0 saturated heterocycles. The minimum absolute atomic E-state index is 1.14. The molecule has 0 aliphatic heterocycles. The fraction of sp³-hybridized carbons (Fsp3) is 0.0417. The number of para-hydroxylation sites is 1. The Kier molecular flexibility index (Phi) is 6.52. The third-order valence-electron chi connectivity index (χ3n) is 4.08. The molecule has 1 nitrogen and oxygen atoms in total. The molecule has 0 unspecified atom stereocenters. The Hall–Kier alpha value is -2.50. The van der Waals surface area contributed by atoms with Gasteiger partial charge in [0.2, 0.25) is 0 Å². The number of benzene rings is 3. The molecule has 3 rings (SSSR count). The van der Waals surface area contributed by atoms with Crippen LogP contribution in [0.5, 0.6) is 0 Å². The van der Waals surface area contributed by atoms with Crippen LogP contribution in [0.4, 0.5) is 11.4 Å². The Labute approximate surface area is 166 Å². The average molecular weight is 507 g/mol. The minimum atomic E-state index is 1.14. The van der Waals surface area contributed by atoms with Gasteiger partial charge in [-0.05, 0) is 0 Å². The molecule has 0 aliphatic rings. The predicted molar refractivity (Wildman–Crippen MR) is 109 cm³/mol. The standard InChI is InChI=1S/C24H21N.W/c1-3-10-22(21-11-6-4-7-12-21)19-25(23-13-8-5-9-14-23)24-17-15-20(2)16-18-24;/h1,3-19H,2H3;. The van der Waals surface area contributed by atoms with Crippen molar-refractivity contribution in [3.05, 3.63) is 114 Å². The first-order chi connectivity index (χ1) is 12.8. The molecule has 2 heteroatoms. The summed E-state index contributed by atoms with van der Waals surface area (Å²) in [6.45, 7) is 2.12. The molecule has 0 saturated carbocycles. The van der Waals surface area contributed by atoms with Crippen molar-refractivity contribution < 1.29 is 19.4 Å². The van der Waals surface area contributed by atoms with Crippen LogP contribution in [-0.2, 0) is 19.4 Å². The Morgan fingerprint density at radius 2 is 1.35 bits per heavy atom. The molecule has 0 radical (unpaired) electrons. The van der Waals surface area contributed by atoms with Crippen molar-refractivity contribution in [2.24, 2.45) is 0 Å². The molecule has 3 aromatic rings. The van der Waals surface area contributed by atoms with Gasteiger partial charge in [-0.25, -0.2) is 0 Å². The molecule has 0 aliphatic carbocycles. The van der Waals surface area contributed by atoms with E-state index in [-0.39, 0.29) is 0 Å². The number of nitrogens with zero attached hydrogens (tertiary/aromatic N) is 1. The summed E-state index contributed by atoms with van der Waals surface area (Å²) < 4.78 is 2.13. The number of aryl methyl sites for hydroxylation is 1. The summed E-state index contributed by atoms with van der Waals surface area (Å²) in [5.41, 5.74) is 5.93. The average Bonchev–Trinajstić information content (AvgIpc) is 2.70. The van der Waals surface area contributed by atoms with Crippen LogP contribution in [0.25, 0.3) is 5.57 Å². The first-order valence-electron chi connectivity index (χ1n) is 8.58. The van der Waals surface area contributed by atoms with Crippen LogP contribution in [0.1, 0.15) is 11.1 Å². The van der Waals surface area contributed by atoms with E-state index in [0.29, 0.717) is 0 Å². The maximum atomic E-state index is 2.24. The number of hydrogen-bond acceptors (Lipinski definition) is 1. The third kappa shape index (κ3) is 4.77. The fourth-order valence-electron chi connectivity index (χ4n) is 2.72. The molecule has 128 valence electrons. The molecular formula is C24H21NW. The molecule has 0 atom stereocenters. The van der Waals surface area contributed by atoms with Gasteiger partial charge < -0.3 is 0 Å². The van der Waals surface area contributed by atoms with E-state index in [4.69, 9.17) is 0 Å². The monoisotopic (exact) mass is 507 g/mol. The summed E-state index contributed by atoms with van der Waals surface area (Å²) in [6.07, 6.45) is 6.50. The second kappa shape index (κ2) is 9.27. The van der Waals surface area contributed by atoms with Crippen molar-refractivity contribution in [1.29, 1.82) is 0 Å². The van der Waals surface area contributed by atoms with E-state index in [0.717, 1.165) is 11.4 Å². The predicted octanol–water partition coefficient (Wildman–Crippen LogP) is 6.08. The molecule has 0 heterocycles. The number of hydrogen-bond donors (Lipinski definition) is 0. The van der Waals surface area contributed by atoms with Crippen molar-refractivity contribution in [2.75, 3.05) is 4.90 Å². The number of rotatable bonds is 6. The van der Waals surface area contributed by atoms with E-state index in [9.17, 15) is 0 Å². The Morgan fingerprint density at radius 3 is 1.96 bits per heavy atom. The quantitative estimate of drug-likeness (QED) is 0.366. The second-order valence-corrected chi connectivity index (χ2v) is 6.96. The first kappa shape index (κ1) is 18.3. The van der Waals surface area contributed by atoms with Crippen molar-refractivity contribution in [3.8, 4) is 0 Å². The molecule has 0 bridgehead atoms. The topological polar surface area (TPSA) is 3.24 Å². The molecule has 0 N–H and O–H groups in total. The van der Waals surface area contributed by atoms with Crippen LogP contribution in [-0.4, -0.2) is 4.40 Å². The summed E-state index contributed by atoms with van der Waals surface area (Å²) in [4.78, 5) is 2.24. The van der Waals surface area contributed by atoms with Gasteiger partial charge in [0.1, 0.15) is 0 Å². The van der Waals surface area contributed by atoms with Gasteiger partial charge >= 0.3 is 167 Å². The normalized spacial score (nSPS) is 11.5. The van der Waals surface area contributed by atoms with Crippen LogP contribution in [0, 0.1) is 6.92 Å². The Morgan fingerprint density at radius 1 is 0.769 bits per heavy atom. The van der Waals surface area contributed by atoms with E-state index in [1.807, 2.05) is 6.07 Å². The third-order valence-corrected chi connectivity index (χ3v) is 4.64. The van der Waals surface area contributed by atoms with E-state index < -0.39 is 0 Å². The van der Waals surface area contributed by atoms with Crippen molar-refractivity contribution >= 4 is 21.3 Å². The number of allylic oxidation sites excluding steroid dienone is 3. The van der Waals surface area contributed by atoms with Crippen molar-refractivity contribution in [2.45, 2.75) is 6.92 Å². The summed E-state index contributed by atoms with van der Waals surface area (Å²) in [7, 11) is 0. The van der Waals surface area contributed by atoms with Crippen LogP contribution >= 0.6 is 0 Å².